The van der Waals surface area contributed by atoms with Crippen LogP contribution in [0.15, 0.2) is 36.8 Å². The number of nitrogens with one attached hydrogen (secondary N) is 1. The molecule has 0 unspecified atom stereocenters. The Bertz CT molecular complexity index is 667. The van der Waals surface area contributed by atoms with E-state index < -0.39 is 24.3 Å². The molecular weight excluding hydrogens is 301 g/mol. The molecule has 0 aliphatic rings. The van der Waals surface area contributed by atoms with Gasteiger partial charge in [0.25, 0.3) is 5.91 Å². The number of esters is 1. The van der Waals surface area contributed by atoms with Crippen LogP contribution in [-0.4, -0.2) is 28.5 Å². The Morgan fingerprint density at radius 3 is 2.81 bits per heavy atom. The maximum absolute atomic E-state index is 13.4. The molecule has 8 heteroatoms. The fourth-order valence-electron chi connectivity index (χ4n) is 1.39. The second-order valence-corrected chi connectivity index (χ2v) is 4.28. The van der Waals surface area contributed by atoms with E-state index in [0.717, 1.165) is 6.07 Å². The molecule has 1 amide bonds. The Hall–Kier alpha value is -2.54. The van der Waals surface area contributed by atoms with Crippen molar-refractivity contribution in [2.45, 2.75) is 0 Å². The Morgan fingerprint density at radius 2 is 2.14 bits per heavy atom. The zero-order valence-electron chi connectivity index (χ0n) is 10.5. The van der Waals surface area contributed by atoms with E-state index in [-0.39, 0.29) is 16.4 Å². The molecule has 21 heavy (non-hydrogen) atoms. The number of anilines is 1. The molecule has 0 saturated carbocycles. The van der Waals surface area contributed by atoms with Gasteiger partial charge in [-0.1, -0.05) is 11.6 Å². The molecule has 0 bridgehead atoms. The van der Waals surface area contributed by atoms with Crippen molar-refractivity contribution in [1.29, 1.82) is 0 Å². The summed E-state index contributed by atoms with van der Waals surface area (Å²) in [7, 11) is 0. The highest BCUT2D eigenvalue weighted by Crippen LogP contribution is 2.18. The topological polar surface area (TPSA) is 81.2 Å². The van der Waals surface area contributed by atoms with Gasteiger partial charge in [-0.2, -0.15) is 0 Å². The molecule has 1 aromatic carbocycles. The van der Waals surface area contributed by atoms with Gasteiger partial charge in [0, 0.05) is 17.4 Å². The standard InChI is InChI=1S/C13H9ClFN3O3/c14-8-1-2-10(9(15)5-8)18-12(19)7-21-13(20)11-6-16-3-4-17-11/h1-6H,7H2,(H,18,19). The minimum absolute atomic E-state index is 0.0250. The van der Waals surface area contributed by atoms with Crippen molar-refractivity contribution in [3.63, 3.8) is 0 Å². The Labute approximate surface area is 123 Å². The number of aromatic nitrogens is 2. The van der Waals surface area contributed by atoms with Gasteiger partial charge in [-0.3, -0.25) is 9.78 Å². The number of hydrogen-bond donors (Lipinski definition) is 1. The summed E-state index contributed by atoms with van der Waals surface area (Å²) in [4.78, 5) is 30.5. The van der Waals surface area contributed by atoms with Crippen LogP contribution < -0.4 is 5.32 Å². The normalized spacial score (nSPS) is 10.0. The molecule has 0 spiro atoms. The smallest absolute Gasteiger partial charge is 0.359 e. The predicted octanol–water partition coefficient (Wildman–Crippen LogP) is 2.06. The summed E-state index contributed by atoms with van der Waals surface area (Å²) in [6.45, 7) is -0.572. The number of benzene rings is 1. The van der Waals surface area contributed by atoms with Crippen LogP contribution in [0.25, 0.3) is 0 Å². The molecule has 2 aromatic rings. The van der Waals surface area contributed by atoms with E-state index in [4.69, 9.17) is 16.3 Å². The summed E-state index contributed by atoms with van der Waals surface area (Å²) in [6.07, 6.45) is 3.92. The van der Waals surface area contributed by atoms with Gasteiger partial charge in [0.15, 0.2) is 12.3 Å². The third-order valence-electron chi connectivity index (χ3n) is 2.31. The number of carbonyl (C=O) groups excluding carboxylic acids is 2. The molecule has 0 aliphatic carbocycles. The molecule has 1 heterocycles. The van der Waals surface area contributed by atoms with Crippen molar-refractivity contribution in [3.8, 4) is 0 Å². The Balaban J connectivity index is 1.89. The lowest BCUT2D eigenvalue weighted by atomic mass is 10.3. The minimum atomic E-state index is -0.796. The average Bonchev–Trinajstić information content (AvgIpc) is 2.48. The van der Waals surface area contributed by atoms with E-state index in [9.17, 15) is 14.0 Å². The van der Waals surface area contributed by atoms with E-state index in [1.165, 1.54) is 30.7 Å². The molecule has 6 nitrogen and oxygen atoms in total. The summed E-state index contributed by atoms with van der Waals surface area (Å²) in [5, 5.41) is 2.47. The van der Waals surface area contributed by atoms with Crippen molar-refractivity contribution >= 4 is 29.2 Å². The van der Waals surface area contributed by atoms with E-state index in [1.54, 1.807) is 0 Å². The molecule has 0 aliphatic heterocycles. The maximum atomic E-state index is 13.4. The highest BCUT2D eigenvalue weighted by Gasteiger charge is 2.13. The number of carbonyl (C=O) groups is 2. The lowest BCUT2D eigenvalue weighted by molar-refractivity contribution is -0.119. The number of hydrogen-bond acceptors (Lipinski definition) is 5. The van der Waals surface area contributed by atoms with Crippen molar-refractivity contribution < 1.29 is 18.7 Å². The SMILES string of the molecule is O=C(COC(=O)c1cnccn1)Nc1ccc(Cl)cc1F. The third-order valence-corrected chi connectivity index (χ3v) is 2.55. The summed E-state index contributed by atoms with van der Waals surface area (Å²) in [6, 6.07) is 3.79. The van der Waals surface area contributed by atoms with Gasteiger partial charge in [0.1, 0.15) is 5.82 Å². The fraction of sp³-hybridized carbons (Fsp3) is 0.0769. The van der Waals surface area contributed by atoms with E-state index in [2.05, 4.69) is 15.3 Å². The zero-order valence-corrected chi connectivity index (χ0v) is 11.3. The van der Waals surface area contributed by atoms with Crippen LogP contribution >= 0.6 is 11.6 Å². The molecule has 1 aromatic heterocycles. The lowest BCUT2D eigenvalue weighted by Crippen LogP contribution is -2.21. The summed E-state index contributed by atoms with van der Waals surface area (Å²) in [5.74, 6) is -2.17. The van der Waals surface area contributed by atoms with Crippen LogP contribution in [0.5, 0.6) is 0 Å². The first-order chi connectivity index (χ1) is 10.1. The first-order valence-corrected chi connectivity index (χ1v) is 6.12. The van der Waals surface area contributed by atoms with Gasteiger partial charge in [-0.05, 0) is 18.2 Å². The van der Waals surface area contributed by atoms with Crippen LogP contribution in [0.2, 0.25) is 5.02 Å². The molecule has 1 N–H and O–H groups in total. The number of halogens is 2. The van der Waals surface area contributed by atoms with Crippen molar-refractivity contribution in [3.05, 3.63) is 53.3 Å². The number of nitrogens with zero attached hydrogens (tertiary/aromatic N) is 2. The highest BCUT2D eigenvalue weighted by atomic mass is 35.5. The molecule has 0 radical (unpaired) electrons. The van der Waals surface area contributed by atoms with E-state index in [1.807, 2.05) is 0 Å². The van der Waals surface area contributed by atoms with Crippen LogP contribution in [0, 0.1) is 5.82 Å². The summed E-state index contributed by atoms with van der Waals surface area (Å²) < 4.78 is 18.2. The predicted molar refractivity (Wildman–Crippen MR) is 72.4 cm³/mol. The monoisotopic (exact) mass is 309 g/mol. The van der Waals surface area contributed by atoms with Crippen molar-refractivity contribution in [2.24, 2.45) is 0 Å². The first kappa shape index (κ1) is 14.9. The van der Waals surface area contributed by atoms with Crippen LogP contribution in [0.1, 0.15) is 10.5 Å². The zero-order chi connectivity index (χ0) is 15.2. The molecule has 2 rings (SSSR count). The quantitative estimate of drug-likeness (QED) is 0.874. The molecule has 0 atom stereocenters. The maximum Gasteiger partial charge on any atom is 0.359 e. The van der Waals surface area contributed by atoms with Crippen LogP contribution in [-0.2, 0) is 9.53 Å². The second kappa shape index (κ2) is 6.76. The first-order valence-electron chi connectivity index (χ1n) is 5.74. The van der Waals surface area contributed by atoms with E-state index >= 15 is 0 Å². The highest BCUT2D eigenvalue weighted by molar-refractivity contribution is 6.30. The fourth-order valence-corrected chi connectivity index (χ4v) is 1.55. The Morgan fingerprint density at radius 1 is 1.33 bits per heavy atom. The van der Waals surface area contributed by atoms with Gasteiger partial charge < -0.3 is 10.1 Å². The third kappa shape index (κ3) is 4.22. The molecule has 0 saturated heterocycles. The number of amides is 1. The van der Waals surface area contributed by atoms with E-state index in [0.29, 0.717) is 0 Å². The molecular formula is C13H9ClFN3O3. The van der Waals surface area contributed by atoms with Crippen LogP contribution in [0.3, 0.4) is 0 Å². The number of ether oxygens (including phenoxy) is 1. The van der Waals surface area contributed by atoms with Gasteiger partial charge in [0.2, 0.25) is 0 Å². The molecule has 0 fully saturated rings. The lowest BCUT2D eigenvalue weighted by Gasteiger charge is -2.07. The average molecular weight is 310 g/mol. The second-order valence-electron chi connectivity index (χ2n) is 3.84. The largest absolute Gasteiger partial charge is 0.451 e. The summed E-state index contributed by atoms with van der Waals surface area (Å²) >= 11 is 5.59. The van der Waals surface area contributed by atoms with Gasteiger partial charge >= 0.3 is 5.97 Å². The van der Waals surface area contributed by atoms with Crippen molar-refractivity contribution in [2.75, 3.05) is 11.9 Å². The minimum Gasteiger partial charge on any atom is -0.451 e. The Kier molecular flexibility index (Phi) is 4.78. The van der Waals surface area contributed by atoms with Gasteiger partial charge in [0.05, 0.1) is 11.9 Å². The molecule has 108 valence electrons. The summed E-state index contributed by atoms with van der Waals surface area (Å²) in [5.41, 5.74) is -0.0806. The van der Waals surface area contributed by atoms with Gasteiger partial charge in [-0.25, -0.2) is 14.2 Å². The number of rotatable bonds is 4. The van der Waals surface area contributed by atoms with Gasteiger partial charge in [-0.15, -0.1) is 0 Å². The van der Waals surface area contributed by atoms with Crippen LogP contribution in [0.4, 0.5) is 10.1 Å². The van der Waals surface area contributed by atoms with Crippen molar-refractivity contribution in [1.82, 2.24) is 9.97 Å².